The molecule has 1 aliphatic rings. The van der Waals surface area contributed by atoms with Gasteiger partial charge in [0, 0.05) is 13.1 Å². The van der Waals surface area contributed by atoms with Gasteiger partial charge in [0.2, 0.25) is 5.91 Å². The predicted octanol–water partition coefficient (Wildman–Crippen LogP) is 1.21. The van der Waals surface area contributed by atoms with Crippen molar-refractivity contribution < 1.29 is 9.90 Å². The van der Waals surface area contributed by atoms with Crippen molar-refractivity contribution in [2.24, 2.45) is 7.05 Å². The summed E-state index contributed by atoms with van der Waals surface area (Å²) in [5.41, 5.74) is 2.58. The fourth-order valence-corrected chi connectivity index (χ4v) is 3.08. The molecular formula is C15H26N4O2. The van der Waals surface area contributed by atoms with Gasteiger partial charge in [0.05, 0.1) is 29.7 Å². The van der Waals surface area contributed by atoms with Crippen molar-refractivity contribution in [2.45, 2.75) is 52.2 Å². The zero-order valence-electron chi connectivity index (χ0n) is 13.4. The summed E-state index contributed by atoms with van der Waals surface area (Å²) in [5, 5.41) is 17.1. The molecule has 1 aliphatic heterocycles. The number of rotatable bonds is 4. The number of aliphatic hydroxyl groups excluding tert-OH is 1. The summed E-state index contributed by atoms with van der Waals surface area (Å²) in [6, 6.07) is 0.0839. The van der Waals surface area contributed by atoms with E-state index in [1.54, 1.807) is 11.6 Å². The fraction of sp³-hybridized carbons (Fsp3) is 0.733. The second-order valence-corrected chi connectivity index (χ2v) is 5.99. The minimum absolute atomic E-state index is 0.0400. The number of aliphatic hydroxyl groups is 1. The van der Waals surface area contributed by atoms with Crippen molar-refractivity contribution in [3.05, 3.63) is 11.4 Å². The molecule has 118 valence electrons. The number of aromatic nitrogens is 2. The Hall–Kier alpha value is -1.40. The van der Waals surface area contributed by atoms with Gasteiger partial charge in [-0.1, -0.05) is 6.42 Å². The van der Waals surface area contributed by atoms with Gasteiger partial charge in [0.15, 0.2) is 0 Å². The fourth-order valence-electron chi connectivity index (χ4n) is 3.08. The molecule has 2 atom stereocenters. The van der Waals surface area contributed by atoms with Gasteiger partial charge in [0.1, 0.15) is 0 Å². The van der Waals surface area contributed by atoms with Crippen LogP contribution in [0.3, 0.4) is 0 Å². The van der Waals surface area contributed by atoms with Gasteiger partial charge in [-0.3, -0.25) is 14.4 Å². The molecule has 0 radical (unpaired) electrons. The lowest BCUT2D eigenvalue weighted by molar-refractivity contribution is -0.118. The summed E-state index contributed by atoms with van der Waals surface area (Å²) in [6.45, 7) is 6.82. The lowest BCUT2D eigenvalue weighted by atomic mass is 9.98. The predicted molar refractivity (Wildman–Crippen MR) is 82.2 cm³/mol. The minimum Gasteiger partial charge on any atom is -0.392 e. The van der Waals surface area contributed by atoms with Crippen LogP contribution in [0.2, 0.25) is 0 Å². The molecule has 0 bridgehead atoms. The second kappa shape index (κ2) is 6.58. The van der Waals surface area contributed by atoms with E-state index < -0.39 is 6.10 Å². The maximum atomic E-state index is 12.3. The van der Waals surface area contributed by atoms with E-state index in [4.69, 9.17) is 0 Å². The number of hydrogen-bond donors (Lipinski definition) is 2. The van der Waals surface area contributed by atoms with E-state index in [9.17, 15) is 9.90 Å². The first-order valence-electron chi connectivity index (χ1n) is 7.62. The van der Waals surface area contributed by atoms with E-state index in [0.717, 1.165) is 42.9 Å². The Balaban J connectivity index is 2.00. The molecule has 1 fully saturated rings. The average molecular weight is 294 g/mol. The summed E-state index contributed by atoms with van der Waals surface area (Å²) in [4.78, 5) is 14.4. The highest BCUT2D eigenvalue weighted by molar-refractivity contribution is 5.93. The largest absolute Gasteiger partial charge is 0.392 e. The van der Waals surface area contributed by atoms with Crippen LogP contribution < -0.4 is 5.32 Å². The lowest BCUT2D eigenvalue weighted by Gasteiger charge is -2.36. The molecule has 2 rings (SSSR count). The highest BCUT2D eigenvalue weighted by Gasteiger charge is 2.28. The molecule has 6 heteroatoms. The number of aryl methyl sites for hydroxylation is 2. The van der Waals surface area contributed by atoms with Crippen molar-refractivity contribution >= 4 is 11.6 Å². The molecule has 2 N–H and O–H groups in total. The van der Waals surface area contributed by atoms with Crippen molar-refractivity contribution in [1.82, 2.24) is 14.7 Å². The van der Waals surface area contributed by atoms with Gasteiger partial charge in [0.25, 0.3) is 0 Å². The molecule has 6 nitrogen and oxygen atoms in total. The number of nitrogens with one attached hydrogen (secondary N) is 1. The molecule has 0 unspecified atom stereocenters. The number of hydrogen-bond acceptors (Lipinski definition) is 4. The van der Waals surface area contributed by atoms with Crippen molar-refractivity contribution in [3.8, 4) is 0 Å². The monoisotopic (exact) mass is 294 g/mol. The summed E-state index contributed by atoms with van der Waals surface area (Å²) < 4.78 is 1.77. The Morgan fingerprint density at radius 3 is 2.76 bits per heavy atom. The van der Waals surface area contributed by atoms with E-state index >= 15 is 0 Å². The van der Waals surface area contributed by atoms with Crippen LogP contribution in [0.15, 0.2) is 0 Å². The topological polar surface area (TPSA) is 70.4 Å². The summed E-state index contributed by atoms with van der Waals surface area (Å²) in [5.74, 6) is -0.0400. The van der Waals surface area contributed by atoms with Gasteiger partial charge in [-0.15, -0.1) is 0 Å². The smallest absolute Gasteiger partial charge is 0.238 e. The van der Waals surface area contributed by atoms with Gasteiger partial charge in [-0.05, 0) is 40.2 Å². The number of likely N-dealkylation sites (tertiary alicyclic amines) is 1. The lowest BCUT2D eigenvalue weighted by Crippen LogP contribution is -2.48. The van der Waals surface area contributed by atoms with Crippen LogP contribution in [0.5, 0.6) is 0 Å². The Bertz CT molecular complexity index is 510. The van der Waals surface area contributed by atoms with Crippen LogP contribution in [0, 0.1) is 13.8 Å². The number of nitrogens with zero attached hydrogens (tertiary/aromatic N) is 3. The molecule has 0 spiro atoms. The Morgan fingerprint density at radius 1 is 1.48 bits per heavy atom. The Kier molecular flexibility index (Phi) is 5.00. The third-order valence-corrected chi connectivity index (χ3v) is 4.34. The zero-order valence-corrected chi connectivity index (χ0v) is 13.4. The quantitative estimate of drug-likeness (QED) is 0.876. The standard InChI is InChI=1S/C15H26N4O2/c1-10-15(11(2)18(4)17-10)16-14(21)9-19-8-6-5-7-13(19)12(3)20/h12-13,20H,5-9H2,1-4H3,(H,16,21)/t12-,13+/m0/s1. The molecule has 1 aromatic rings. The van der Waals surface area contributed by atoms with E-state index in [1.807, 2.05) is 20.9 Å². The van der Waals surface area contributed by atoms with Crippen LogP contribution in [-0.2, 0) is 11.8 Å². The van der Waals surface area contributed by atoms with Crippen LogP contribution >= 0.6 is 0 Å². The van der Waals surface area contributed by atoms with E-state index in [1.165, 1.54) is 0 Å². The third kappa shape index (κ3) is 3.63. The van der Waals surface area contributed by atoms with Crippen LogP contribution in [0.4, 0.5) is 5.69 Å². The first-order chi connectivity index (χ1) is 9.90. The van der Waals surface area contributed by atoms with Crippen molar-refractivity contribution in [1.29, 1.82) is 0 Å². The minimum atomic E-state index is -0.403. The number of carbonyl (C=O) groups excluding carboxylic acids is 1. The SMILES string of the molecule is Cc1nn(C)c(C)c1NC(=O)CN1CCCC[C@@H]1[C@H](C)O. The third-order valence-electron chi connectivity index (χ3n) is 4.34. The average Bonchev–Trinajstić information content (AvgIpc) is 2.66. The number of piperidine rings is 1. The molecule has 2 heterocycles. The Labute approximate surface area is 126 Å². The zero-order chi connectivity index (χ0) is 15.6. The van der Waals surface area contributed by atoms with E-state index in [-0.39, 0.29) is 11.9 Å². The molecule has 1 aromatic heterocycles. The highest BCUT2D eigenvalue weighted by atomic mass is 16.3. The molecular weight excluding hydrogens is 268 g/mol. The van der Waals surface area contributed by atoms with Gasteiger partial charge in [-0.2, -0.15) is 5.10 Å². The first kappa shape index (κ1) is 16.0. The molecule has 0 aromatic carbocycles. The maximum Gasteiger partial charge on any atom is 0.238 e. The van der Waals surface area contributed by atoms with Crippen molar-refractivity contribution in [3.63, 3.8) is 0 Å². The Morgan fingerprint density at radius 2 is 2.19 bits per heavy atom. The van der Waals surface area contributed by atoms with Gasteiger partial charge >= 0.3 is 0 Å². The van der Waals surface area contributed by atoms with Crippen molar-refractivity contribution in [2.75, 3.05) is 18.4 Å². The molecule has 21 heavy (non-hydrogen) atoms. The molecule has 1 saturated heterocycles. The summed E-state index contributed by atoms with van der Waals surface area (Å²) >= 11 is 0. The number of carbonyl (C=O) groups is 1. The van der Waals surface area contributed by atoms with E-state index in [2.05, 4.69) is 15.3 Å². The number of anilines is 1. The second-order valence-electron chi connectivity index (χ2n) is 5.99. The summed E-state index contributed by atoms with van der Waals surface area (Å²) in [6.07, 6.45) is 2.76. The van der Waals surface area contributed by atoms with Crippen LogP contribution in [0.1, 0.15) is 37.6 Å². The molecule has 1 amide bonds. The highest BCUT2D eigenvalue weighted by Crippen LogP contribution is 2.21. The van der Waals surface area contributed by atoms with Gasteiger partial charge in [-0.25, -0.2) is 0 Å². The number of amides is 1. The summed E-state index contributed by atoms with van der Waals surface area (Å²) in [7, 11) is 1.87. The normalized spacial score (nSPS) is 21.3. The van der Waals surface area contributed by atoms with Crippen LogP contribution in [0.25, 0.3) is 0 Å². The molecule has 0 saturated carbocycles. The van der Waals surface area contributed by atoms with E-state index in [0.29, 0.717) is 6.54 Å². The van der Waals surface area contributed by atoms with Gasteiger partial charge < -0.3 is 10.4 Å². The first-order valence-corrected chi connectivity index (χ1v) is 7.62. The molecule has 0 aliphatic carbocycles. The maximum absolute atomic E-state index is 12.3. The van der Waals surface area contributed by atoms with Crippen LogP contribution in [-0.4, -0.2) is 50.9 Å².